The molecule has 4 amide bonds. The number of imide groups is 2. The maximum atomic E-state index is 11.8. The van der Waals surface area contributed by atoms with E-state index in [1.165, 1.54) is 28.3 Å². The van der Waals surface area contributed by atoms with Gasteiger partial charge < -0.3 is 22.8 Å². The standard InChI is InChI=1S/C10H20NO5PS2.C6H12NO4PS2/c1-5-14-10(13)11(4)9(12)8-19-17(18,15-6-2)16-7-3;1-7(5-8)6(9)4-14-12(13,10-2)11-3/h5-8H2,1-4H3;5H,4H2,1-3H3. The van der Waals surface area contributed by atoms with Crippen LogP contribution in [0.25, 0.3) is 0 Å². The van der Waals surface area contributed by atoms with Gasteiger partial charge in [0.15, 0.2) is 0 Å². The van der Waals surface area contributed by atoms with Gasteiger partial charge in [-0.05, 0) is 44.4 Å². The van der Waals surface area contributed by atoms with Crippen molar-refractivity contribution in [1.82, 2.24) is 9.80 Å². The summed E-state index contributed by atoms with van der Waals surface area (Å²) < 4.78 is 25.4. The SMILES string of the molecule is CCOC(=O)N(C)C(=O)CSP(=S)(OCC)OCC.COP(=S)(OC)SCC(=O)N(C)C=O. The van der Waals surface area contributed by atoms with Crippen molar-refractivity contribution in [1.29, 1.82) is 0 Å². The zero-order valence-electron chi connectivity index (χ0n) is 19.7. The van der Waals surface area contributed by atoms with Crippen molar-refractivity contribution < 1.29 is 42.0 Å². The van der Waals surface area contributed by atoms with Crippen molar-refractivity contribution in [2.45, 2.75) is 20.8 Å². The Bertz CT molecular complexity index is 712. The first kappa shape index (κ1) is 35.1. The Labute approximate surface area is 213 Å². The lowest BCUT2D eigenvalue weighted by atomic mass is 10.6. The third-order valence-electron chi connectivity index (χ3n) is 3.18. The molecule has 0 unspecified atom stereocenters. The van der Waals surface area contributed by atoms with Crippen LogP contribution in [0.3, 0.4) is 0 Å². The predicted octanol–water partition coefficient (Wildman–Crippen LogP) is 3.48. The van der Waals surface area contributed by atoms with E-state index in [9.17, 15) is 19.2 Å². The van der Waals surface area contributed by atoms with Crippen LogP contribution < -0.4 is 0 Å². The highest BCUT2D eigenvalue weighted by Crippen LogP contribution is 2.61. The average Bonchev–Trinajstić information content (AvgIpc) is 2.80. The van der Waals surface area contributed by atoms with E-state index in [1.807, 2.05) is 13.8 Å². The molecule has 0 aromatic heterocycles. The molecule has 0 aliphatic heterocycles. The smallest absolute Gasteiger partial charge is 0.416 e. The van der Waals surface area contributed by atoms with Crippen molar-refractivity contribution in [3.05, 3.63) is 0 Å². The second kappa shape index (κ2) is 19.1. The van der Waals surface area contributed by atoms with E-state index in [-0.39, 0.29) is 24.0 Å². The number of rotatable bonds is 14. The molecule has 0 aliphatic rings. The number of hydrogen-bond donors (Lipinski definition) is 0. The van der Waals surface area contributed by atoms with Gasteiger partial charge in [0.1, 0.15) is 0 Å². The van der Waals surface area contributed by atoms with Gasteiger partial charge >= 0.3 is 6.09 Å². The molecule has 0 aliphatic carbocycles. The van der Waals surface area contributed by atoms with Crippen molar-refractivity contribution in [3.63, 3.8) is 0 Å². The third-order valence-corrected chi connectivity index (χ3v) is 14.2. The number of carbonyl (C=O) groups is 4. The average molecular weight is 587 g/mol. The van der Waals surface area contributed by atoms with Crippen LogP contribution in [0.5, 0.6) is 0 Å². The fraction of sp³-hybridized carbons (Fsp3) is 0.750. The second-order valence-corrected chi connectivity index (χ2v) is 18.2. The minimum absolute atomic E-state index is 0.0204. The largest absolute Gasteiger partial charge is 0.449 e. The van der Waals surface area contributed by atoms with Crippen LogP contribution in [0.1, 0.15) is 20.8 Å². The lowest BCUT2D eigenvalue weighted by molar-refractivity contribution is -0.134. The van der Waals surface area contributed by atoms with Crippen molar-refractivity contribution >= 4 is 82.1 Å². The van der Waals surface area contributed by atoms with Crippen LogP contribution in [-0.2, 0) is 60.8 Å². The van der Waals surface area contributed by atoms with Crippen LogP contribution in [0, 0.1) is 0 Å². The number of ether oxygens (including phenoxy) is 1. The molecular weight excluding hydrogens is 554 g/mol. The Morgan fingerprint density at radius 1 is 0.848 bits per heavy atom. The monoisotopic (exact) mass is 586 g/mol. The van der Waals surface area contributed by atoms with Gasteiger partial charge in [-0.2, -0.15) is 0 Å². The summed E-state index contributed by atoms with van der Waals surface area (Å²) in [6.07, 6.45) is -0.222. The molecule has 0 N–H and O–H groups in total. The Balaban J connectivity index is 0. The summed E-state index contributed by atoms with van der Waals surface area (Å²) in [4.78, 5) is 46.4. The van der Waals surface area contributed by atoms with Crippen LogP contribution in [0.15, 0.2) is 0 Å². The van der Waals surface area contributed by atoms with Gasteiger partial charge in [0.25, 0.3) is 0 Å². The topological polar surface area (TPSA) is 121 Å². The first-order valence-electron chi connectivity index (χ1n) is 9.42. The summed E-state index contributed by atoms with van der Waals surface area (Å²) in [6.45, 7) is 6.37. The van der Waals surface area contributed by atoms with Gasteiger partial charge in [-0.25, -0.2) is 9.69 Å². The van der Waals surface area contributed by atoms with Gasteiger partial charge in [0.05, 0.1) is 31.3 Å². The maximum Gasteiger partial charge on any atom is 0.416 e. The van der Waals surface area contributed by atoms with Gasteiger partial charge in [0, 0.05) is 28.3 Å². The zero-order chi connectivity index (χ0) is 26.1. The molecule has 0 aromatic rings. The second-order valence-electron chi connectivity index (χ2n) is 5.40. The van der Waals surface area contributed by atoms with Crippen molar-refractivity contribution in [2.75, 3.05) is 59.6 Å². The molecule has 194 valence electrons. The molecule has 0 bridgehead atoms. The van der Waals surface area contributed by atoms with E-state index in [4.69, 9.17) is 46.4 Å². The van der Waals surface area contributed by atoms with Gasteiger partial charge in [-0.3, -0.25) is 19.3 Å². The van der Waals surface area contributed by atoms with Crippen LogP contribution in [0.2, 0.25) is 0 Å². The van der Waals surface area contributed by atoms with Gasteiger partial charge in [0.2, 0.25) is 29.6 Å². The van der Waals surface area contributed by atoms with Crippen molar-refractivity contribution in [2.24, 2.45) is 0 Å². The molecule has 0 radical (unpaired) electrons. The summed E-state index contributed by atoms with van der Waals surface area (Å²) in [5, 5.41) is 0. The fourth-order valence-electron chi connectivity index (χ4n) is 1.46. The first-order chi connectivity index (χ1) is 15.4. The first-order valence-corrected chi connectivity index (χ1v) is 17.9. The maximum absolute atomic E-state index is 11.8. The molecule has 0 saturated heterocycles. The normalized spacial score (nSPS) is 11.1. The number of nitrogens with zero attached hydrogens (tertiary/aromatic N) is 2. The molecule has 0 rings (SSSR count). The van der Waals surface area contributed by atoms with E-state index in [0.717, 1.165) is 32.6 Å². The van der Waals surface area contributed by atoms with Gasteiger partial charge in [-0.15, -0.1) is 0 Å². The highest BCUT2D eigenvalue weighted by molar-refractivity contribution is 8.68. The lowest BCUT2D eigenvalue weighted by Gasteiger charge is -2.21. The Hall–Kier alpha value is -0.0800. The third kappa shape index (κ3) is 15.5. The predicted molar refractivity (Wildman–Crippen MR) is 139 cm³/mol. The highest BCUT2D eigenvalue weighted by atomic mass is 32.9. The number of amides is 4. The van der Waals surface area contributed by atoms with E-state index >= 15 is 0 Å². The molecule has 11 nitrogen and oxygen atoms in total. The number of carbonyl (C=O) groups excluding carboxylic acids is 4. The molecule has 0 atom stereocenters. The van der Waals surface area contributed by atoms with Crippen LogP contribution in [-0.4, -0.2) is 93.8 Å². The molecule has 17 heteroatoms. The highest BCUT2D eigenvalue weighted by Gasteiger charge is 2.24. The molecule has 0 spiro atoms. The fourth-order valence-corrected chi connectivity index (χ4v) is 8.51. The molecule has 33 heavy (non-hydrogen) atoms. The Morgan fingerprint density at radius 3 is 1.70 bits per heavy atom. The summed E-state index contributed by atoms with van der Waals surface area (Å²) in [6, 6.07) is 0. The number of hydrogen-bond acceptors (Lipinski definition) is 13. The van der Waals surface area contributed by atoms with E-state index < -0.39 is 23.4 Å². The molecule has 0 fully saturated rings. The van der Waals surface area contributed by atoms with E-state index in [2.05, 4.69) is 0 Å². The summed E-state index contributed by atoms with van der Waals surface area (Å²) in [5.41, 5.74) is -4.91. The zero-order valence-corrected chi connectivity index (χ0v) is 24.8. The minimum Gasteiger partial charge on any atom is -0.449 e. The van der Waals surface area contributed by atoms with E-state index in [1.54, 1.807) is 6.92 Å². The van der Waals surface area contributed by atoms with Crippen molar-refractivity contribution in [3.8, 4) is 0 Å². The molecular formula is C16H32N2O9P2S4. The quantitative estimate of drug-likeness (QED) is 0.218. The lowest BCUT2D eigenvalue weighted by Crippen LogP contribution is -2.34. The van der Waals surface area contributed by atoms with E-state index in [0.29, 0.717) is 19.6 Å². The van der Waals surface area contributed by atoms with Gasteiger partial charge in [-0.1, -0.05) is 22.8 Å². The molecule has 0 saturated carbocycles. The Morgan fingerprint density at radius 2 is 1.30 bits per heavy atom. The van der Waals surface area contributed by atoms with Crippen LogP contribution in [0.4, 0.5) is 4.79 Å². The van der Waals surface area contributed by atoms with Crippen LogP contribution >= 0.6 is 34.2 Å². The molecule has 0 aromatic carbocycles. The molecule has 0 heterocycles. The summed E-state index contributed by atoms with van der Waals surface area (Å²) in [7, 11) is 5.63. The Kier molecular flexibility index (Phi) is 20.4. The summed E-state index contributed by atoms with van der Waals surface area (Å²) >= 11 is 12.5. The summed E-state index contributed by atoms with van der Waals surface area (Å²) in [5.74, 6) is -0.619. The minimum atomic E-state index is -2.51.